The number of phosphoric acid groups is 4. The fourth-order valence-corrected chi connectivity index (χ4v) is 8.07. The average molecular weight is 670 g/mol. The van der Waals surface area contributed by atoms with Gasteiger partial charge in [-0.25, -0.2) is 23.1 Å². The number of benzene rings is 1. The molecular weight excluding hydrogens is 648 g/mol. The highest BCUT2D eigenvalue weighted by molar-refractivity contribution is 7.69. The first kappa shape index (κ1) is 33.5. The number of nitrogens with one attached hydrogen (secondary N) is 1. The molecule has 1 saturated heterocycles. The number of H-pyrrole nitrogens is 1. The molecule has 1 aliphatic heterocycles. The number of aromatic amines is 1. The second kappa shape index (κ2) is 12.7. The first-order chi connectivity index (χ1) is 18.8. The van der Waals surface area contributed by atoms with Crippen LogP contribution in [0.2, 0.25) is 0 Å². The van der Waals surface area contributed by atoms with E-state index in [4.69, 9.17) is 9.47 Å². The monoisotopic (exact) mass is 670 g/mol. The number of phosphoric ester groups is 2. The molecule has 0 spiro atoms. The average Bonchev–Trinajstić information content (AvgIpc) is 3.09. The summed E-state index contributed by atoms with van der Waals surface area (Å²) < 4.78 is 79.3. The number of aromatic nitrogens is 2. The Kier molecular flexibility index (Phi) is 10.4. The highest BCUT2D eigenvalue weighted by Gasteiger charge is 2.48. The third-order valence-corrected chi connectivity index (χ3v) is 10.6. The van der Waals surface area contributed by atoms with Gasteiger partial charge in [0.2, 0.25) is 0 Å². The molecule has 1 fully saturated rings. The molecule has 2 heterocycles. The number of hydrogen-bond acceptors (Lipinski definition) is 15. The standard InChI is InChI=1S/C16H22N2O19P4/c1-31-9-2-4-10(5-3-9)34-39(25,26)36-41(29,30)37-40(27,28)35-38(23,24)32-8-11-13(20)14(21)15(33-11)18-7-6-12(19)17-16(18)22/h2-7,11,13-15,20-21H,8H2,1H3,(H,23,24)(H,25,26)(H,27,28)(H,29,30)(H,17,19,22)/t11-,13-,14-,15-/m1/s1. The Morgan fingerprint density at radius 1 is 0.829 bits per heavy atom. The minimum Gasteiger partial charge on any atom is -0.497 e. The predicted octanol–water partition coefficient (Wildman–Crippen LogP) is -0.289. The van der Waals surface area contributed by atoms with Gasteiger partial charge < -0.3 is 38.9 Å². The Labute approximate surface area is 227 Å². The van der Waals surface area contributed by atoms with Crippen molar-refractivity contribution in [2.45, 2.75) is 24.5 Å². The fraction of sp³-hybridized carbons (Fsp3) is 0.375. The summed E-state index contributed by atoms with van der Waals surface area (Å²) in [5.41, 5.74) is -1.82. The van der Waals surface area contributed by atoms with Crippen LogP contribution >= 0.6 is 31.3 Å². The van der Waals surface area contributed by atoms with Crippen molar-refractivity contribution in [1.82, 2.24) is 9.55 Å². The van der Waals surface area contributed by atoms with Gasteiger partial charge in [-0.05, 0) is 24.3 Å². The van der Waals surface area contributed by atoms with Crippen molar-refractivity contribution in [3.8, 4) is 11.5 Å². The van der Waals surface area contributed by atoms with Crippen molar-refractivity contribution in [2.24, 2.45) is 0 Å². The van der Waals surface area contributed by atoms with Crippen molar-refractivity contribution in [3.63, 3.8) is 0 Å². The van der Waals surface area contributed by atoms with E-state index in [0.717, 1.165) is 24.4 Å². The van der Waals surface area contributed by atoms with Gasteiger partial charge in [-0.15, -0.1) is 0 Å². The largest absolute Gasteiger partial charge is 0.536 e. The minimum absolute atomic E-state index is 0.311. The van der Waals surface area contributed by atoms with Crippen molar-refractivity contribution < 1.29 is 79.5 Å². The van der Waals surface area contributed by atoms with E-state index < -0.39 is 73.7 Å². The third-order valence-electron chi connectivity index (χ3n) is 4.76. The summed E-state index contributed by atoms with van der Waals surface area (Å²) in [6.45, 7) is -1.14. The van der Waals surface area contributed by atoms with Gasteiger partial charge >= 0.3 is 37.0 Å². The zero-order valence-corrected chi connectivity index (χ0v) is 23.8. The molecule has 0 radical (unpaired) electrons. The first-order valence-corrected chi connectivity index (χ1v) is 16.6. The topological polar surface area (TPSA) is 309 Å². The van der Waals surface area contributed by atoms with Crippen LogP contribution in [0, 0.1) is 0 Å². The number of methoxy groups -OCH3 is 1. The molecule has 25 heteroatoms. The zero-order valence-electron chi connectivity index (χ0n) is 20.2. The highest BCUT2D eigenvalue weighted by atomic mass is 31.3. The van der Waals surface area contributed by atoms with Gasteiger partial charge in [0, 0.05) is 12.3 Å². The molecular formula is C16H22N2O19P4. The number of aliphatic hydroxyl groups is 2. The fourth-order valence-electron chi connectivity index (χ4n) is 3.12. The van der Waals surface area contributed by atoms with Gasteiger partial charge in [0.1, 0.15) is 29.8 Å². The van der Waals surface area contributed by atoms with Crippen LogP contribution in [0.1, 0.15) is 6.23 Å². The van der Waals surface area contributed by atoms with Crippen molar-refractivity contribution in [1.29, 1.82) is 0 Å². The molecule has 0 bridgehead atoms. The lowest BCUT2D eigenvalue weighted by Gasteiger charge is -2.21. The SMILES string of the molecule is COc1ccc(OP(=O)(O)OP(=O)(O)OP(=O)(O)OP(=O)(O)OC[C@H]2O[C@@H](n3ccc(=O)[nH]c3=O)[C@H](O)[C@@H]2O)cc1. The van der Waals surface area contributed by atoms with Crippen molar-refractivity contribution in [2.75, 3.05) is 13.7 Å². The number of hydrogen-bond donors (Lipinski definition) is 7. The lowest BCUT2D eigenvalue weighted by atomic mass is 10.1. The molecule has 2 aromatic rings. The maximum atomic E-state index is 12.1. The molecule has 0 saturated carbocycles. The van der Waals surface area contributed by atoms with E-state index in [1.54, 1.807) is 0 Å². The van der Waals surface area contributed by atoms with E-state index in [9.17, 15) is 57.6 Å². The number of rotatable bonds is 13. The highest BCUT2D eigenvalue weighted by Crippen LogP contribution is 2.71. The zero-order chi connectivity index (χ0) is 30.8. The molecule has 8 atom stereocenters. The van der Waals surface area contributed by atoms with Gasteiger partial charge in [-0.3, -0.25) is 23.8 Å². The molecule has 1 aliphatic rings. The van der Waals surface area contributed by atoms with Gasteiger partial charge in [0.25, 0.3) is 5.56 Å². The second-order valence-corrected chi connectivity index (χ2v) is 13.9. The molecule has 4 unspecified atom stereocenters. The van der Waals surface area contributed by atoms with Crippen LogP contribution in [0.4, 0.5) is 0 Å². The molecule has 1 aromatic heterocycles. The van der Waals surface area contributed by atoms with E-state index in [1.165, 1.54) is 19.2 Å². The van der Waals surface area contributed by atoms with Crippen LogP contribution in [0.5, 0.6) is 11.5 Å². The lowest BCUT2D eigenvalue weighted by molar-refractivity contribution is -0.0542. The Bertz CT molecular complexity index is 1540. The van der Waals surface area contributed by atoms with Crippen molar-refractivity contribution in [3.05, 3.63) is 57.4 Å². The van der Waals surface area contributed by atoms with Crippen LogP contribution in [0.25, 0.3) is 0 Å². The Hall–Kier alpha value is -2.02. The molecule has 3 rings (SSSR count). The molecule has 0 amide bonds. The minimum atomic E-state index is -6.09. The molecule has 7 N–H and O–H groups in total. The van der Waals surface area contributed by atoms with E-state index in [-0.39, 0.29) is 5.75 Å². The smallest absolute Gasteiger partial charge is 0.497 e. The van der Waals surface area contributed by atoms with Gasteiger partial charge in [0.05, 0.1) is 13.7 Å². The quantitative estimate of drug-likeness (QED) is 0.135. The predicted molar refractivity (Wildman–Crippen MR) is 129 cm³/mol. The summed E-state index contributed by atoms with van der Waals surface area (Å²) in [6.07, 6.45) is -6.05. The van der Waals surface area contributed by atoms with Crippen LogP contribution in [-0.2, 0) is 40.5 Å². The van der Waals surface area contributed by atoms with Crippen LogP contribution in [-0.4, -0.2) is 71.4 Å². The van der Waals surface area contributed by atoms with Crippen molar-refractivity contribution >= 4 is 31.3 Å². The summed E-state index contributed by atoms with van der Waals surface area (Å²) in [5, 5.41) is 20.3. The summed E-state index contributed by atoms with van der Waals surface area (Å²) in [7, 11) is -22.0. The number of nitrogens with zero attached hydrogens (tertiary/aromatic N) is 1. The van der Waals surface area contributed by atoms with E-state index >= 15 is 0 Å². The van der Waals surface area contributed by atoms with Gasteiger partial charge in [-0.2, -0.15) is 12.9 Å². The second-order valence-electron chi connectivity index (χ2n) is 7.75. The Morgan fingerprint density at radius 2 is 1.37 bits per heavy atom. The third kappa shape index (κ3) is 9.49. The first-order valence-electron chi connectivity index (χ1n) is 10.6. The number of ether oxygens (including phenoxy) is 2. The lowest BCUT2D eigenvalue weighted by Crippen LogP contribution is -2.37. The van der Waals surface area contributed by atoms with Crippen LogP contribution < -0.4 is 20.5 Å². The summed E-state index contributed by atoms with van der Waals surface area (Å²) in [6, 6.07) is 5.64. The maximum Gasteiger partial charge on any atom is 0.536 e. The van der Waals surface area contributed by atoms with E-state index in [0.29, 0.717) is 10.3 Å². The normalized spacial score (nSPS) is 26.7. The van der Waals surface area contributed by atoms with E-state index in [2.05, 4.69) is 22.0 Å². The van der Waals surface area contributed by atoms with Crippen LogP contribution in [0.3, 0.4) is 0 Å². The molecule has 230 valence electrons. The molecule has 0 aliphatic carbocycles. The van der Waals surface area contributed by atoms with E-state index in [1.807, 2.05) is 4.98 Å². The summed E-state index contributed by atoms with van der Waals surface area (Å²) >= 11 is 0. The van der Waals surface area contributed by atoms with Gasteiger partial charge in [-0.1, -0.05) is 0 Å². The molecule has 41 heavy (non-hydrogen) atoms. The molecule has 1 aromatic carbocycles. The summed E-state index contributed by atoms with van der Waals surface area (Å²) in [4.78, 5) is 63.6. The Balaban J connectivity index is 1.59. The summed E-state index contributed by atoms with van der Waals surface area (Å²) in [5.74, 6) is -0.0621. The maximum absolute atomic E-state index is 12.1. The molecule has 21 nitrogen and oxygen atoms in total. The number of aliphatic hydroxyl groups excluding tert-OH is 2. The van der Waals surface area contributed by atoms with Gasteiger partial charge in [0.15, 0.2) is 6.23 Å². The Morgan fingerprint density at radius 3 is 1.93 bits per heavy atom. The van der Waals surface area contributed by atoms with Crippen LogP contribution in [0.15, 0.2) is 46.1 Å².